The minimum atomic E-state index is -2.30. The molecule has 2 fully saturated rings. The Morgan fingerprint density at radius 1 is 1.21 bits per heavy atom. The zero-order chi connectivity index (χ0) is 27.9. The number of nitrogens with one attached hydrogen (secondary N) is 1. The van der Waals surface area contributed by atoms with Gasteiger partial charge in [0.05, 0.1) is 22.8 Å². The van der Waals surface area contributed by atoms with E-state index in [-0.39, 0.29) is 17.9 Å². The van der Waals surface area contributed by atoms with Gasteiger partial charge in [-0.05, 0) is 70.5 Å². The lowest BCUT2D eigenvalue weighted by Crippen LogP contribution is -2.37. The van der Waals surface area contributed by atoms with Crippen LogP contribution in [0.15, 0.2) is 22.7 Å². The maximum atomic E-state index is 12.1. The van der Waals surface area contributed by atoms with Crippen LogP contribution in [0, 0.1) is 5.92 Å². The first-order valence-electron chi connectivity index (χ1n) is 13.9. The van der Waals surface area contributed by atoms with Gasteiger partial charge in [0.15, 0.2) is 0 Å². The number of hydrogen-bond acceptors (Lipinski definition) is 6. The summed E-state index contributed by atoms with van der Waals surface area (Å²) in [6, 6.07) is 5.89. The van der Waals surface area contributed by atoms with Crippen LogP contribution in [0.5, 0.6) is 0 Å². The zero-order valence-corrected chi connectivity index (χ0v) is 25.0. The number of halogens is 2. The minimum Gasteiger partial charge on any atom is -0.373 e. The van der Waals surface area contributed by atoms with Gasteiger partial charge in [-0.15, -0.1) is 0 Å². The summed E-state index contributed by atoms with van der Waals surface area (Å²) in [7, 11) is 2.17. The topological polar surface area (TPSA) is 105 Å². The largest absolute Gasteiger partial charge is 0.373 e. The summed E-state index contributed by atoms with van der Waals surface area (Å²) in [5.74, 6) is 0.768. The van der Waals surface area contributed by atoms with E-state index in [0.29, 0.717) is 39.9 Å². The minimum absolute atomic E-state index is 0.0879. The molecule has 1 amide bonds. The molecule has 2 aliphatic carbocycles. The second-order valence-electron chi connectivity index (χ2n) is 10.8. The molecule has 2 unspecified atom stereocenters. The van der Waals surface area contributed by atoms with Crippen molar-refractivity contribution in [1.29, 1.82) is 0 Å². The van der Waals surface area contributed by atoms with Crippen molar-refractivity contribution in [2.45, 2.75) is 95.8 Å². The molecule has 2 saturated carbocycles. The SMILES string of the molecule is CCC(CCN(C)C1CCCC(C(=O)NS(=O)O)CCC1)OCc1c(-c2c(Cl)cccc2Cl)noc1C1CC1. The van der Waals surface area contributed by atoms with Gasteiger partial charge in [-0.25, -0.2) is 4.21 Å². The number of carbonyl (C=O) groups excluding carboxylic acids is 1. The van der Waals surface area contributed by atoms with Gasteiger partial charge in [0, 0.05) is 35.5 Å². The molecule has 1 heterocycles. The monoisotopic (exact) mass is 599 g/mol. The highest BCUT2D eigenvalue weighted by Gasteiger charge is 2.34. The third-order valence-electron chi connectivity index (χ3n) is 8.05. The Morgan fingerprint density at radius 3 is 2.46 bits per heavy atom. The van der Waals surface area contributed by atoms with E-state index < -0.39 is 11.3 Å². The molecule has 4 rings (SSSR count). The highest BCUT2D eigenvalue weighted by molar-refractivity contribution is 7.77. The van der Waals surface area contributed by atoms with Crippen LogP contribution in [-0.2, 0) is 27.4 Å². The lowest BCUT2D eigenvalue weighted by Gasteiger charge is -2.32. The molecule has 2 N–H and O–H groups in total. The normalized spacial score (nSPS) is 21.8. The fraction of sp³-hybridized carbons (Fsp3) is 0.643. The fourth-order valence-corrected chi connectivity index (χ4v) is 6.46. The van der Waals surface area contributed by atoms with Crippen LogP contribution in [0.25, 0.3) is 11.3 Å². The lowest BCUT2D eigenvalue weighted by molar-refractivity contribution is -0.123. The van der Waals surface area contributed by atoms with Crippen LogP contribution >= 0.6 is 23.2 Å². The van der Waals surface area contributed by atoms with Gasteiger partial charge in [0.2, 0.25) is 5.91 Å². The number of ether oxygens (including phenoxy) is 1. The van der Waals surface area contributed by atoms with E-state index in [0.717, 1.165) is 82.1 Å². The lowest BCUT2D eigenvalue weighted by atomic mass is 9.88. The van der Waals surface area contributed by atoms with Crippen LogP contribution in [0.2, 0.25) is 10.0 Å². The standard InChI is InChI=1S/C28H39Cl2N3O5S/c1-3-21(15-16-33(2)20-9-4-7-19(8-5-10-20)28(34)32-39(35)36)37-17-22-26(31-38-27(22)18-13-14-18)25-23(29)11-6-12-24(25)30/h6,11-12,18-21H,3-5,7-10,13-17H2,1-2H3,(H,32,34)(H,35,36). The van der Waals surface area contributed by atoms with E-state index in [4.69, 9.17) is 37.0 Å². The maximum Gasteiger partial charge on any atom is 0.261 e. The Balaban J connectivity index is 1.31. The van der Waals surface area contributed by atoms with Crippen molar-refractivity contribution in [2.24, 2.45) is 5.92 Å². The molecule has 1 aromatic carbocycles. The quantitative estimate of drug-likeness (QED) is 0.260. The third-order valence-corrected chi connectivity index (χ3v) is 9.06. The molecule has 11 heteroatoms. The van der Waals surface area contributed by atoms with Gasteiger partial charge in [0.25, 0.3) is 11.3 Å². The first-order valence-corrected chi connectivity index (χ1v) is 15.8. The molecule has 2 aliphatic rings. The molecular weight excluding hydrogens is 561 g/mol. The van der Waals surface area contributed by atoms with Gasteiger partial charge in [-0.2, -0.15) is 0 Å². The van der Waals surface area contributed by atoms with Crippen molar-refractivity contribution in [2.75, 3.05) is 13.6 Å². The molecule has 8 nitrogen and oxygen atoms in total. The number of rotatable bonds is 12. The second kappa shape index (κ2) is 14.4. The Bertz CT molecular complexity index is 1110. The number of carbonyl (C=O) groups is 1. The molecule has 216 valence electrons. The number of benzene rings is 1. The predicted molar refractivity (Wildman–Crippen MR) is 154 cm³/mol. The van der Waals surface area contributed by atoms with E-state index in [1.807, 2.05) is 18.2 Å². The average molecular weight is 601 g/mol. The van der Waals surface area contributed by atoms with Gasteiger partial charge < -0.3 is 14.2 Å². The Labute approximate surface area is 243 Å². The van der Waals surface area contributed by atoms with E-state index in [9.17, 15) is 9.00 Å². The van der Waals surface area contributed by atoms with Crippen LogP contribution < -0.4 is 4.72 Å². The number of amides is 1. The molecule has 2 atom stereocenters. The summed E-state index contributed by atoms with van der Waals surface area (Å²) in [6.45, 7) is 3.46. The highest BCUT2D eigenvalue weighted by Crippen LogP contribution is 2.46. The second-order valence-corrected chi connectivity index (χ2v) is 12.3. The summed E-state index contributed by atoms with van der Waals surface area (Å²) in [5, 5.41) is 5.46. The highest BCUT2D eigenvalue weighted by atomic mass is 35.5. The molecule has 0 saturated heterocycles. The molecule has 2 aromatic rings. The van der Waals surface area contributed by atoms with Crippen molar-refractivity contribution in [3.05, 3.63) is 39.6 Å². The zero-order valence-electron chi connectivity index (χ0n) is 22.7. The summed E-state index contributed by atoms with van der Waals surface area (Å²) >= 11 is 10.7. The van der Waals surface area contributed by atoms with Gasteiger partial charge in [0.1, 0.15) is 11.5 Å². The smallest absolute Gasteiger partial charge is 0.261 e. The first kappa shape index (κ1) is 30.5. The summed E-state index contributed by atoms with van der Waals surface area (Å²) in [4.78, 5) is 14.5. The van der Waals surface area contributed by atoms with Crippen molar-refractivity contribution in [3.8, 4) is 11.3 Å². The van der Waals surface area contributed by atoms with E-state index in [1.165, 1.54) is 0 Å². The summed E-state index contributed by atoms with van der Waals surface area (Å²) < 4.78 is 34.2. The molecule has 1 aromatic heterocycles. The molecular formula is C28H39Cl2N3O5S. The molecule has 39 heavy (non-hydrogen) atoms. The van der Waals surface area contributed by atoms with E-state index in [1.54, 1.807) is 0 Å². The van der Waals surface area contributed by atoms with Crippen molar-refractivity contribution in [3.63, 3.8) is 0 Å². The summed E-state index contributed by atoms with van der Waals surface area (Å²) in [5.41, 5.74) is 2.31. The van der Waals surface area contributed by atoms with Crippen molar-refractivity contribution in [1.82, 2.24) is 14.8 Å². The third kappa shape index (κ3) is 8.27. The molecule has 0 bridgehead atoms. The molecule has 0 spiro atoms. The molecule has 0 aliphatic heterocycles. The summed E-state index contributed by atoms with van der Waals surface area (Å²) in [6.07, 6.45) is 9.42. The fourth-order valence-electron chi connectivity index (χ4n) is 5.55. The number of hydrogen-bond donors (Lipinski definition) is 2. The van der Waals surface area contributed by atoms with Crippen molar-refractivity contribution < 1.29 is 22.8 Å². The van der Waals surface area contributed by atoms with E-state index >= 15 is 0 Å². The van der Waals surface area contributed by atoms with Crippen LogP contribution in [-0.4, -0.2) is 50.5 Å². The average Bonchev–Trinajstić information content (AvgIpc) is 3.64. The van der Waals surface area contributed by atoms with Gasteiger partial charge in [-0.1, -0.05) is 54.2 Å². The van der Waals surface area contributed by atoms with Crippen LogP contribution in [0.1, 0.15) is 88.4 Å². The Kier molecular flexibility index (Phi) is 11.3. The maximum absolute atomic E-state index is 12.1. The van der Waals surface area contributed by atoms with E-state index in [2.05, 4.69) is 28.8 Å². The van der Waals surface area contributed by atoms with Gasteiger partial charge >= 0.3 is 0 Å². The predicted octanol–water partition coefficient (Wildman–Crippen LogP) is 6.73. The van der Waals surface area contributed by atoms with Crippen LogP contribution in [0.4, 0.5) is 0 Å². The Hall–Kier alpha value is -1.49. The first-order chi connectivity index (χ1) is 18.8. The van der Waals surface area contributed by atoms with Crippen LogP contribution in [0.3, 0.4) is 0 Å². The van der Waals surface area contributed by atoms with Gasteiger partial charge in [-0.3, -0.25) is 14.1 Å². The molecule has 0 radical (unpaired) electrons. The van der Waals surface area contributed by atoms with Crippen molar-refractivity contribution >= 4 is 40.4 Å². The number of aromatic nitrogens is 1. The Morgan fingerprint density at radius 2 is 1.87 bits per heavy atom. The number of nitrogens with zero attached hydrogens (tertiary/aromatic N) is 2.